The van der Waals surface area contributed by atoms with Gasteiger partial charge in [-0.15, -0.1) is 0 Å². The molecular weight excluding hydrogens is 404 g/mol. The predicted octanol–water partition coefficient (Wildman–Crippen LogP) is 7.72. The second kappa shape index (κ2) is 9.40. The van der Waals surface area contributed by atoms with Crippen LogP contribution in [0.25, 0.3) is 5.57 Å². The summed E-state index contributed by atoms with van der Waals surface area (Å²) in [5.74, 6) is 0.320. The summed E-state index contributed by atoms with van der Waals surface area (Å²) in [6.07, 6.45) is 3.08. The highest BCUT2D eigenvalue weighted by molar-refractivity contribution is 7.99. The maximum Gasteiger partial charge on any atom is 0.269 e. The molecule has 0 saturated carbocycles. The smallest absolute Gasteiger partial charge is 0.269 e. The van der Waals surface area contributed by atoms with Gasteiger partial charge in [-0.1, -0.05) is 56.0 Å². The van der Waals surface area contributed by atoms with Crippen LogP contribution in [0.3, 0.4) is 0 Å². The summed E-state index contributed by atoms with van der Waals surface area (Å²) >= 11 is 1.82. The quantitative estimate of drug-likeness (QED) is 0.271. The fourth-order valence-corrected chi connectivity index (χ4v) is 5.28. The molecule has 31 heavy (non-hydrogen) atoms. The Kier molecular flexibility index (Phi) is 6.42. The maximum absolute atomic E-state index is 11.0. The van der Waals surface area contributed by atoms with E-state index in [0.29, 0.717) is 5.92 Å². The molecule has 5 heteroatoms. The Balaban J connectivity index is 1.56. The van der Waals surface area contributed by atoms with Crippen LogP contribution in [-0.2, 0) is 0 Å². The maximum atomic E-state index is 11.0. The van der Waals surface area contributed by atoms with Gasteiger partial charge in [0.2, 0.25) is 0 Å². The van der Waals surface area contributed by atoms with Gasteiger partial charge < -0.3 is 4.90 Å². The summed E-state index contributed by atoms with van der Waals surface area (Å²) in [5.41, 5.74) is 4.66. The van der Waals surface area contributed by atoms with Crippen molar-refractivity contribution < 1.29 is 4.92 Å². The van der Waals surface area contributed by atoms with Gasteiger partial charge in [-0.05, 0) is 66.3 Å². The number of anilines is 2. The fourth-order valence-electron chi connectivity index (χ4n) is 4.18. The lowest BCUT2D eigenvalue weighted by Crippen LogP contribution is -2.24. The first-order valence-corrected chi connectivity index (χ1v) is 11.5. The van der Waals surface area contributed by atoms with E-state index in [-0.39, 0.29) is 10.6 Å². The average Bonchev–Trinajstić information content (AvgIpc) is 2.80. The number of nitro groups is 1. The molecule has 0 fully saturated rings. The largest absolute Gasteiger partial charge is 0.340 e. The molecule has 3 aromatic carbocycles. The Bertz CT molecular complexity index is 1050. The highest BCUT2D eigenvalue weighted by atomic mass is 32.2. The zero-order valence-corrected chi connectivity index (χ0v) is 18.5. The number of nitro benzene ring substituents is 1. The van der Waals surface area contributed by atoms with Gasteiger partial charge in [-0.25, -0.2) is 0 Å². The number of allylic oxidation sites excluding steroid dienone is 1. The molecule has 1 heterocycles. The molecule has 0 spiro atoms. The molecular formula is C26H26N2O2S. The average molecular weight is 431 g/mol. The Labute approximate surface area is 187 Å². The van der Waals surface area contributed by atoms with E-state index in [1.165, 1.54) is 21.2 Å². The normalized spacial score (nSPS) is 13.3. The molecule has 1 aliphatic rings. The summed E-state index contributed by atoms with van der Waals surface area (Å²) in [4.78, 5) is 15.6. The number of para-hydroxylation sites is 2. The minimum atomic E-state index is -0.362. The molecule has 3 aromatic rings. The van der Waals surface area contributed by atoms with E-state index in [0.717, 1.165) is 36.9 Å². The van der Waals surface area contributed by atoms with Gasteiger partial charge in [0.15, 0.2) is 0 Å². The van der Waals surface area contributed by atoms with E-state index >= 15 is 0 Å². The highest BCUT2D eigenvalue weighted by Gasteiger charge is 2.24. The number of non-ortho nitro benzene ring substituents is 1. The number of rotatable bonds is 8. The summed E-state index contributed by atoms with van der Waals surface area (Å²) in [6.45, 7) is 7.47. The number of nitrogens with zero attached hydrogens (tertiary/aromatic N) is 2. The second-order valence-corrected chi connectivity index (χ2v) is 8.88. The molecule has 0 amide bonds. The van der Waals surface area contributed by atoms with Crippen molar-refractivity contribution in [2.45, 2.75) is 36.0 Å². The van der Waals surface area contributed by atoms with Crippen LogP contribution in [0.4, 0.5) is 17.1 Å². The lowest BCUT2D eigenvalue weighted by Gasteiger charge is -2.34. The third-order valence-electron chi connectivity index (χ3n) is 5.81. The van der Waals surface area contributed by atoms with Crippen LogP contribution in [0.2, 0.25) is 0 Å². The number of hydrogen-bond donors (Lipinski definition) is 0. The zero-order valence-electron chi connectivity index (χ0n) is 17.7. The minimum Gasteiger partial charge on any atom is -0.340 e. The van der Waals surface area contributed by atoms with Gasteiger partial charge in [0.05, 0.1) is 16.3 Å². The molecule has 4 rings (SSSR count). The molecule has 1 unspecified atom stereocenters. The standard InChI is InChI=1S/C26H26N2O2S/c1-3-8-20(19(2)21-13-15-22(16-14-21)28(29)30)17-18-27-23-9-4-6-11-25(23)31-26-12-7-5-10-24(26)27/h4-7,9-16,20H,2-3,8,17-18H2,1H3. The SMILES string of the molecule is C=C(c1ccc([N+](=O)[O-])cc1)C(CCC)CCN1c2ccccc2Sc2ccccc21. The van der Waals surface area contributed by atoms with Gasteiger partial charge in [-0.2, -0.15) is 0 Å². The van der Waals surface area contributed by atoms with E-state index in [4.69, 9.17) is 0 Å². The van der Waals surface area contributed by atoms with Gasteiger partial charge in [0.25, 0.3) is 5.69 Å². The van der Waals surface area contributed by atoms with Gasteiger partial charge in [0.1, 0.15) is 0 Å². The topological polar surface area (TPSA) is 46.4 Å². The van der Waals surface area contributed by atoms with Crippen molar-refractivity contribution in [3.63, 3.8) is 0 Å². The second-order valence-electron chi connectivity index (χ2n) is 7.79. The highest BCUT2D eigenvalue weighted by Crippen LogP contribution is 2.48. The summed E-state index contributed by atoms with van der Waals surface area (Å²) in [6, 6.07) is 23.9. The number of fused-ring (bicyclic) bond motifs is 2. The van der Waals surface area contributed by atoms with Gasteiger partial charge in [0, 0.05) is 28.5 Å². The lowest BCUT2D eigenvalue weighted by atomic mass is 9.87. The van der Waals surface area contributed by atoms with E-state index in [9.17, 15) is 10.1 Å². The fraction of sp³-hybridized carbons (Fsp3) is 0.231. The molecule has 158 valence electrons. The van der Waals surface area contributed by atoms with E-state index in [1.54, 1.807) is 12.1 Å². The Morgan fingerprint density at radius 2 is 1.55 bits per heavy atom. The Hall–Kier alpha value is -3.05. The van der Waals surface area contributed by atoms with Crippen molar-refractivity contribution >= 4 is 34.4 Å². The molecule has 0 aromatic heterocycles. The summed E-state index contributed by atoms with van der Waals surface area (Å²) in [7, 11) is 0. The van der Waals surface area contributed by atoms with Crippen LogP contribution in [0, 0.1) is 16.0 Å². The van der Waals surface area contributed by atoms with E-state index in [1.807, 2.05) is 23.9 Å². The number of benzene rings is 3. The summed E-state index contributed by atoms with van der Waals surface area (Å²) < 4.78 is 0. The predicted molar refractivity (Wildman–Crippen MR) is 129 cm³/mol. The van der Waals surface area contributed by atoms with Crippen LogP contribution in [0.15, 0.2) is 89.2 Å². The lowest BCUT2D eigenvalue weighted by molar-refractivity contribution is -0.384. The first-order chi connectivity index (χ1) is 15.1. The monoisotopic (exact) mass is 430 g/mol. The van der Waals surface area contributed by atoms with Crippen LogP contribution in [0.5, 0.6) is 0 Å². The zero-order chi connectivity index (χ0) is 21.8. The number of hydrogen-bond acceptors (Lipinski definition) is 4. The third kappa shape index (κ3) is 4.52. The van der Waals surface area contributed by atoms with Crippen LogP contribution in [0.1, 0.15) is 31.7 Å². The van der Waals surface area contributed by atoms with Crippen LogP contribution >= 0.6 is 11.8 Å². The van der Waals surface area contributed by atoms with Crippen molar-refractivity contribution in [3.8, 4) is 0 Å². The van der Waals surface area contributed by atoms with Crippen LogP contribution in [-0.4, -0.2) is 11.5 Å². The Morgan fingerprint density at radius 1 is 0.968 bits per heavy atom. The minimum absolute atomic E-state index is 0.114. The first kappa shape index (κ1) is 21.2. The molecule has 0 aliphatic carbocycles. The van der Waals surface area contributed by atoms with Crippen molar-refractivity contribution in [1.29, 1.82) is 0 Å². The molecule has 1 aliphatic heterocycles. The molecule has 4 nitrogen and oxygen atoms in total. The van der Waals surface area contributed by atoms with E-state index in [2.05, 4.69) is 66.9 Å². The molecule has 1 atom stereocenters. The molecule has 0 radical (unpaired) electrons. The van der Waals surface area contributed by atoms with Gasteiger partial charge >= 0.3 is 0 Å². The van der Waals surface area contributed by atoms with E-state index < -0.39 is 0 Å². The van der Waals surface area contributed by atoms with Crippen LogP contribution < -0.4 is 4.90 Å². The van der Waals surface area contributed by atoms with Gasteiger partial charge in [-0.3, -0.25) is 10.1 Å². The van der Waals surface area contributed by atoms with Crippen molar-refractivity contribution in [1.82, 2.24) is 0 Å². The molecule has 0 saturated heterocycles. The molecule has 0 bridgehead atoms. The van der Waals surface area contributed by atoms with Crippen molar-refractivity contribution in [2.24, 2.45) is 5.92 Å². The van der Waals surface area contributed by atoms with Crippen molar-refractivity contribution in [3.05, 3.63) is 95.1 Å². The Morgan fingerprint density at radius 3 is 2.10 bits per heavy atom. The third-order valence-corrected chi connectivity index (χ3v) is 6.94. The summed E-state index contributed by atoms with van der Waals surface area (Å²) in [5, 5.41) is 11.0. The first-order valence-electron chi connectivity index (χ1n) is 10.7. The van der Waals surface area contributed by atoms with Crippen molar-refractivity contribution in [2.75, 3.05) is 11.4 Å². The molecule has 0 N–H and O–H groups in total.